The lowest BCUT2D eigenvalue weighted by molar-refractivity contribution is 0.329. The first-order valence-electron chi connectivity index (χ1n) is 6.76. The standard InChI is InChI=1S/C14H17N3O2S2/c1-10-12-5-8-20-13(12)4-7-17(10)21(18,19)11-3-6-16-14(9-11)15-2/h3,5-6,8-10H,4,7H2,1-2H3,(H,15,16). The zero-order valence-electron chi connectivity index (χ0n) is 11.9. The van der Waals surface area contributed by atoms with Gasteiger partial charge in [0.1, 0.15) is 5.82 Å². The molecule has 2 aromatic rings. The van der Waals surface area contributed by atoms with Crippen molar-refractivity contribution in [3.63, 3.8) is 0 Å². The van der Waals surface area contributed by atoms with Gasteiger partial charge in [-0.3, -0.25) is 0 Å². The molecule has 0 saturated heterocycles. The summed E-state index contributed by atoms with van der Waals surface area (Å²) in [5.74, 6) is 0.553. The molecule has 0 spiro atoms. The number of aromatic nitrogens is 1. The van der Waals surface area contributed by atoms with Crippen LogP contribution < -0.4 is 5.32 Å². The fourth-order valence-electron chi connectivity index (χ4n) is 2.66. The molecule has 0 amide bonds. The largest absolute Gasteiger partial charge is 0.373 e. The van der Waals surface area contributed by atoms with E-state index in [-0.39, 0.29) is 10.9 Å². The Bertz CT molecular complexity index is 755. The SMILES string of the molecule is CNc1cc(S(=O)(=O)N2CCc3sccc3C2C)ccn1. The summed E-state index contributed by atoms with van der Waals surface area (Å²) in [7, 11) is -1.78. The molecule has 3 heterocycles. The van der Waals surface area contributed by atoms with Crippen molar-refractivity contribution in [1.82, 2.24) is 9.29 Å². The van der Waals surface area contributed by atoms with Gasteiger partial charge in [-0.1, -0.05) is 0 Å². The van der Waals surface area contributed by atoms with Crippen LogP contribution >= 0.6 is 11.3 Å². The molecule has 112 valence electrons. The van der Waals surface area contributed by atoms with E-state index in [1.807, 2.05) is 18.4 Å². The Kier molecular flexibility index (Phi) is 3.73. The summed E-state index contributed by atoms with van der Waals surface area (Å²) in [6.07, 6.45) is 2.30. The number of hydrogen-bond donors (Lipinski definition) is 1. The minimum atomic E-state index is -3.51. The molecule has 21 heavy (non-hydrogen) atoms. The van der Waals surface area contributed by atoms with E-state index in [0.29, 0.717) is 12.4 Å². The predicted molar refractivity (Wildman–Crippen MR) is 84.1 cm³/mol. The van der Waals surface area contributed by atoms with Crippen LogP contribution in [0.2, 0.25) is 0 Å². The van der Waals surface area contributed by atoms with Gasteiger partial charge in [0.05, 0.1) is 4.90 Å². The van der Waals surface area contributed by atoms with E-state index >= 15 is 0 Å². The third kappa shape index (κ3) is 2.45. The molecule has 0 radical (unpaired) electrons. The number of thiophene rings is 1. The molecule has 0 aromatic carbocycles. The first-order chi connectivity index (χ1) is 10.0. The summed E-state index contributed by atoms with van der Waals surface area (Å²) in [6, 6.07) is 5.02. The lowest BCUT2D eigenvalue weighted by Gasteiger charge is -2.32. The molecule has 5 nitrogen and oxygen atoms in total. The van der Waals surface area contributed by atoms with Crippen LogP contribution in [0.3, 0.4) is 0 Å². The maximum Gasteiger partial charge on any atom is 0.243 e. The Labute approximate surface area is 128 Å². The van der Waals surface area contributed by atoms with E-state index in [4.69, 9.17) is 0 Å². The average Bonchev–Trinajstić information content (AvgIpc) is 2.97. The first kappa shape index (κ1) is 14.5. The number of fused-ring (bicyclic) bond motifs is 1. The summed E-state index contributed by atoms with van der Waals surface area (Å²) in [5, 5.41) is 4.90. The van der Waals surface area contributed by atoms with Gasteiger partial charge in [0.15, 0.2) is 0 Å². The van der Waals surface area contributed by atoms with Crippen molar-refractivity contribution < 1.29 is 8.42 Å². The third-order valence-electron chi connectivity index (χ3n) is 3.82. The molecule has 1 aliphatic heterocycles. The quantitative estimate of drug-likeness (QED) is 0.942. The average molecular weight is 323 g/mol. The fraction of sp³-hybridized carbons (Fsp3) is 0.357. The lowest BCUT2D eigenvalue weighted by atomic mass is 10.0. The Hall–Kier alpha value is -1.44. The van der Waals surface area contributed by atoms with Crippen LogP contribution in [-0.2, 0) is 16.4 Å². The maximum absolute atomic E-state index is 12.9. The number of pyridine rings is 1. The molecule has 0 bridgehead atoms. The van der Waals surface area contributed by atoms with E-state index in [2.05, 4.69) is 10.3 Å². The molecule has 7 heteroatoms. The Balaban J connectivity index is 1.99. The molecule has 0 saturated carbocycles. The molecular formula is C14H17N3O2S2. The number of hydrogen-bond acceptors (Lipinski definition) is 5. The van der Waals surface area contributed by atoms with Gasteiger partial charge in [0.2, 0.25) is 10.0 Å². The van der Waals surface area contributed by atoms with Gasteiger partial charge in [0, 0.05) is 36.8 Å². The summed E-state index contributed by atoms with van der Waals surface area (Å²) >= 11 is 1.70. The highest BCUT2D eigenvalue weighted by Crippen LogP contribution is 2.36. The number of anilines is 1. The van der Waals surface area contributed by atoms with Crippen LogP contribution in [0.1, 0.15) is 23.4 Å². The molecule has 1 atom stereocenters. The maximum atomic E-state index is 12.9. The lowest BCUT2D eigenvalue weighted by Crippen LogP contribution is -2.38. The summed E-state index contributed by atoms with van der Waals surface area (Å²) in [4.78, 5) is 5.65. The van der Waals surface area contributed by atoms with Crippen molar-refractivity contribution in [3.8, 4) is 0 Å². The summed E-state index contributed by atoms with van der Waals surface area (Å²) in [5.41, 5.74) is 1.12. The smallest absolute Gasteiger partial charge is 0.243 e. The van der Waals surface area contributed by atoms with Crippen LogP contribution in [0, 0.1) is 0 Å². The van der Waals surface area contributed by atoms with Crippen molar-refractivity contribution in [2.45, 2.75) is 24.3 Å². The third-order valence-corrected chi connectivity index (χ3v) is 6.78. The van der Waals surface area contributed by atoms with Crippen LogP contribution in [0.5, 0.6) is 0 Å². The monoisotopic (exact) mass is 323 g/mol. The van der Waals surface area contributed by atoms with Crippen LogP contribution in [0.4, 0.5) is 5.82 Å². The molecule has 1 unspecified atom stereocenters. The van der Waals surface area contributed by atoms with E-state index in [0.717, 1.165) is 12.0 Å². The van der Waals surface area contributed by atoms with Gasteiger partial charge >= 0.3 is 0 Å². The number of rotatable bonds is 3. The summed E-state index contributed by atoms with van der Waals surface area (Å²) in [6.45, 7) is 2.47. The first-order valence-corrected chi connectivity index (χ1v) is 9.08. The number of nitrogens with one attached hydrogen (secondary N) is 1. The number of sulfonamides is 1. The van der Waals surface area contributed by atoms with Gasteiger partial charge < -0.3 is 5.32 Å². The van der Waals surface area contributed by atoms with Crippen molar-refractivity contribution >= 4 is 27.2 Å². The second-order valence-corrected chi connectivity index (χ2v) is 7.86. The van der Waals surface area contributed by atoms with Gasteiger partial charge in [-0.25, -0.2) is 13.4 Å². The van der Waals surface area contributed by atoms with E-state index in [1.54, 1.807) is 34.8 Å². The van der Waals surface area contributed by atoms with E-state index in [1.165, 1.54) is 11.1 Å². The van der Waals surface area contributed by atoms with Crippen molar-refractivity contribution in [3.05, 3.63) is 40.2 Å². The fourth-order valence-corrected chi connectivity index (χ4v) is 5.25. The number of nitrogens with zero attached hydrogens (tertiary/aromatic N) is 2. The van der Waals surface area contributed by atoms with Gasteiger partial charge in [-0.2, -0.15) is 4.31 Å². The van der Waals surface area contributed by atoms with Crippen molar-refractivity contribution in [1.29, 1.82) is 0 Å². The highest BCUT2D eigenvalue weighted by Gasteiger charge is 2.34. The topological polar surface area (TPSA) is 62.3 Å². The van der Waals surface area contributed by atoms with Crippen LogP contribution in [0.15, 0.2) is 34.7 Å². The van der Waals surface area contributed by atoms with Gasteiger partial charge in [-0.05, 0) is 36.4 Å². The Morgan fingerprint density at radius 3 is 3.00 bits per heavy atom. The molecular weight excluding hydrogens is 306 g/mol. The zero-order valence-corrected chi connectivity index (χ0v) is 13.5. The molecule has 0 aliphatic carbocycles. The van der Waals surface area contributed by atoms with Crippen molar-refractivity contribution in [2.75, 3.05) is 18.9 Å². The van der Waals surface area contributed by atoms with Crippen LogP contribution in [0.25, 0.3) is 0 Å². The Morgan fingerprint density at radius 2 is 2.24 bits per heavy atom. The zero-order chi connectivity index (χ0) is 15.0. The molecule has 1 aliphatic rings. The normalized spacial score (nSPS) is 19.2. The molecule has 1 N–H and O–H groups in total. The minimum Gasteiger partial charge on any atom is -0.373 e. The summed E-state index contributed by atoms with van der Waals surface area (Å²) < 4.78 is 27.3. The van der Waals surface area contributed by atoms with Gasteiger partial charge in [-0.15, -0.1) is 11.3 Å². The Morgan fingerprint density at radius 1 is 1.43 bits per heavy atom. The van der Waals surface area contributed by atoms with Crippen molar-refractivity contribution in [2.24, 2.45) is 0 Å². The van der Waals surface area contributed by atoms with Crippen LogP contribution in [-0.4, -0.2) is 31.3 Å². The molecule has 2 aromatic heterocycles. The highest BCUT2D eigenvalue weighted by atomic mass is 32.2. The van der Waals surface area contributed by atoms with E-state index < -0.39 is 10.0 Å². The molecule has 3 rings (SSSR count). The predicted octanol–water partition coefficient (Wildman–Crippen LogP) is 2.49. The second kappa shape index (κ2) is 5.40. The highest BCUT2D eigenvalue weighted by molar-refractivity contribution is 7.89. The van der Waals surface area contributed by atoms with Gasteiger partial charge in [0.25, 0.3) is 0 Å². The minimum absolute atomic E-state index is 0.129. The van der Waals surface area contributed by atoms with E-state index in [9.17, 15) is 8.42 Å². The second-order valence-electron chi connectivity index (χ2n) is 4.97. The molecule has 0 fully saturated rings.